The Hall–Kier alpha value is -3.23. The number of rotatable bonds is 4. The predicted octanol–water partition coefficient (Wildman–Crippen LogP) is 6.24. The van der Waals surface area contributed by atoms with Gasteiger partial charge in [0.15, 0.2) is 0 Å². The van der Waals surface area contributed by atoms with Gasteiger partial charge in [0, 0.05) is 24.5 Å². The number of anilines is 2. The van der Waals surface area contributed by atoms with E-state index >= 15 is 0 Å². The maximum Gasteiger partial charge on any atom is 0.418 e. The van der Waals surface area contributed by atoms with Gasteiger partial charge in [-0.2, -0.15) is 26.3 Å². The largest absolute Gasteiger partial charge is 0.418 e. The Bertz CT molecular complexity index is 1070. The molecule has 2 atom stereocenters. The van der Waals surface area contributed by atoms with E-state index in [0.717, 1.165) is 12.1 Å². The van der Waals surface area contributed by atoms with Gasteiger partial charge in [0.2, 0.25) is 0 Å². The molecule has 166 valence electrons. The molecule has 0 N–H and O–H groups in total. The summed E-state index contributed by atoms with van der Waals surface area (Å²) >= 11 is 0. The maximum absolute atomic E-state index is 13.3. The summed E-state index contributed by atoms with van der Waals surface area (Å²) in [7, 11) is 0. The zero-order valence-electron chi connectivity index (χ0n) is 16.5. The third-order valence-electron chi connectivity index (χ3n) is 5.74. The van der Waals surface area contributed by atoms with E-state index in [1.54, 1.807) is 40.1 Å². The van der Waals surface area contributed by atoms with Gasteiger partial charge in [-0.25, -0.2) is 0 Å². The molecule has 3 nitrogen and oxygen atoms in total. The molecule has 2 aliphatic heterocycles. The molecule has 32 heavy (non-hydrogen) atoms. The standard InChI is InChI=1S/C23H17F6N3/c24-22(25,26)14-6-1-3-10-18(14)31-12-20(31)16-8-5-9-17(30-16)21-13-32(21)19-11-4-2-7-15(19)23(27,28)29/h1-11,20-21H,12-13H2. The second-order valence-corrected chi connectivity index (χ2v) is 7.85. The van der Waals surface area contributed by atoms with Crippen LogP contribution in [0.25, 0.3) is 0 Å². The summed E-state index contributed by atoms with van der Waals surface area (Å²) in [6, 6.07) is 15.4. The normalized spacial score (nSPS) is 20.4. The van der Waals surface area contributed by atoms with Gasteiger partial charge >= 0.3 is 12.4 Å². The molecule has 1 aromatic heterocycles. The minimum atomic E-state index is -4.46. The predicted molar refractivity (Wildman–Crippen MR) is 107 cm³/mol. The molecule has 0 bridgehead atoms. The average Bonchev–Trinajstić information content (AvgIpc) is 3.67. The van der Waals surface area contributed by atoms with Crippen molar-refractivity contribution in [3.8, 4) is 0 Å². The summed E-state index contributed by atoms with van der Waals surface area (Å²) < 4.78 is 80.0. The molecule has 5 rings (SSSR count). The summed E-state index contributed by atoms with van der Waals surface area (Å²) in [5.74, 6) is 0. The van der Waals surface area contributed by atoms with Crippen molar-refractivity contribution >= 4 is 11.4 Å². The van der Waals surface area contributed by atoms with Gasteiger partial charge in [0.05, 0.1) is 34.6 Å². The van der Waals surface area contributed by atoms with Crippen LogP contribution < -0.4 is 9.80 Å². The summed E-state index contributed by atoms with van der Waals surface area (Å²) in [5.41, 5.74) is 0.0196. The number of para-hydroxylation sites is 2. The Morgan fingerprint density at radius 1 is 0.594 bits per heavy atom. The second kappa shape index (κ2) is 7.15. The lowest BCUT2D eigenvalue weighted by Crippen LogP contribution is -2.10. The molecule has 0 spiro atoms. The summed E-state index contributed by atoms with van der Waals surface area (Å²) in [5, 5.41) is 0. The number of nitrogens with zero attached hydrogens (tertiary/aromatic N) is 3. The Balaban J connectivity index is 1.37. The quantitative estimate of drug-likeness (QED) is 0.347. The monoisotopic (exact) mass is 449 g/mol. The van der Waals surface area contributed by atoms with Crippen molar-refractivity contribution in [1.82, 2.24) is 4.98 Å². The minimum Gasteiger partial charge on any atom is -0.358 e. The zero-order chi connectivity index (χ0) is 22.7. The third-order valence-corrected chi connectivity index (χ3v) is 5.74. The van der Waals surface area contributed by atoms with Crippen LogP contribution in [0.15, 0.2) is 66.7 Å². The highest BCUT2D eigenvalue weighted by Crippen LogP contribution is 2.47. The highest BCUT2D eigenvalue weighted by molar-refractivity contribution is 5.63. The summed E-state index contributed by atoms with van der Waals surface area (Å²) in [4.78, 5) is 7.83. The van der Waals surface area contributed by atoms with Gasteiger partial charge < -0.3 is 9.80 Å². The van der Waals surface area contributed by atoms with E-state index in [-0.39, 0.29) is 23.5 Å². The molecule has 0 radical (unpaired) electrons. The van der Waals surface area contributed by atoms with Crippen molar-refractivity contribution in [3.05, 3.63) is 89.2 Å². The lowest BCUT2D eigenvalue weighted by molar-refractivity contribution is -0.137. The van der Waals surface area contributed by atoms with Crippen LogP contribution in [0.1, 0.15) is 34.6 Å². The van der Waals surface area contributed by atoms with Gasteiger partial charge in [-0.1, -0.05) is 30.3 Å². The van der Waals surface area contributed by atoms with Gasteiger partial charge in [0.25, 0.3) is 0 Å². The van der Waals surface area contributed by atoms with Crippen molar-refractivity contribution < 1.29 is 26.3 Å². The molecule has 2 unspecified atom stereocenters. The van der Waals surface area contributed by atoms with Crippen LogP contribution in [0.2, 0.25) is 0 Å². The molecule has 2 aromatic carbocycles. The van der Waals surface area contributed by atoms with E-state index in [9.17, 15) is 26.3 Å². The van der Waals surface area contributed by atoms with Crippen LogP contribution >= 0.6 is 0 Å². The smallest absolute Gasteiger partial charge is 0.358 e. The Morgan fingerprint density at radius 3 is 1.41 bits per heavy atom. The molecule has 0 aliphatic carbocycles. The Morgan fingerprint density at radius 2 is 1.00 bits per heavy atom. The van der Waals surface area contributed by atoms with Crippen molar-refractivity contribution in [2.24, 2.45) is 0 Å². The summed E-state index contributed by atoms with van der Waals surface area (Å²) in [6.07, 6.45) is -8.92. The first kappa shape index (κ1) is 20.7. The van der Waals surface area contributed by atoms with Crippen molar-refractivity contribution in [3.63, 3.8) is 0 Å². The first-order valence-electron chi connectivity index (χ1n) is 9.97. The highest BCUT2D eigenvalue weighted by atomic mass is 19.4. The number of hydrogen-bond donors (Lipinski definition) is 0. The number of benzene rings is 2. The molecular weight excluding hydrogens is 432 g/mol. The maximum atomic E-state index is 13.3. The molecule has 2 saturated heterocycles. The molecule has 0 saturated carbocycles. The molecule has 9 heteroatoms. The van der Waals surface area contributed by atoms with E-state index in [0.29, 0.717) is 24.5 Å². The fourth-order valence-corrected chi connectivity index (χ4v) is 4.08. The second-order valence-electron chi connectivity index (χ2n) is 7.85. The zero-order valence-corrected chi connectivity index (χ0v) is 16.5. The van der Waals surface area contributed by atoms with Crippen LogP contribution in [-0.4, -0.2) is 18.1 Å². The first-order valence-corrected chi connectivity index (χ1v) is 9.97. The van der Waals surface area contributed by atoms with Crippen molar-refractivity contribution in [1.29, 1.82) is 0 Å². The lowest BCUT2D eigenvalue weighted by atomic mass is 10.1. The van der Waals surface area contributed by atoms with E-state index in [1.807, 2.05) is 0 Å². The SMILES string of the molecule is FC(F)(F)c1ccccc1N1CC1c1cccc(C2CN2c2ccccc2C(F)(F)F)n1. The lowest BCUT2D eigenvalue weighted by Gasteiger charge is -2.15. The van der Waals surface area contributed by atoms with Gasteiger partial charge in [-0.05, 0) is 36.4 Å². The molecular formula is C23H17F6N3. The van der Waals surface area contributed by atoms with E-state index in [2.05, 4.69) is 4.98 Å². The van der Waals surface area contributed by atoms with Gasteiger partial charge in [0.1, 0.15) is 0 Å². The molecule has 3 heterocycles. The topological polar surface area (TPSA) is 18.9 Å². The molecule has 3 aromatic rings. The third kappa shape index (κ3) is 3.76. The van der Waals surface area contributed by atoms with Crippen LogP contribution in [-0.2, 0) is 12.4 Å². The molecule has 2 fully saturated rings. The van der Waals surface area contributed by atoms with Crippen molar-refractivity contribution in [2.75, 3.05) is 22.9 Å². The minimum absolute atomic E-state index is 0.101. The van der Waals surface area contributed by atoms with Gasteiger partial charge in [-0.15, -0.1) is 0 Å². The average molecular weight is 449 g/mol. The Kier molecular flexibility index (Phi) is 4.61. The van der Waals surface area contributed by atoms with Crippen molar-refractivity contribution in [2.45, 2.75) is 24.4 Å². The number of halogens is 6. The highest BCUT2D eigenvalue weighted by Gasteiger charge is 2.45. The van der Waals surface area contributed by atoms with E-state index < -0.39 is 23.5 Å². The van der Waals surface area contributed by atoms with E-state index in [1.165, 1.54) is 24.3 Å². The van der Waals surface area contributed by atoms with Crippen LogP contribution in [0, 0.1) is 0 Å². The fraction of sp³-hybridized carbons (Fsp3) is 0.261. The van der Waals surface area contributed by atoms with Crippen LogP contribution in [0.3, 0.4) is 0 Å². The van der Waals surface area contributed by atoms with Crippen LogP contribution in [0.5, 0.6) is 0 Å². The van der Waals surface area contributed by atoms with Crippen LogP contribution in [0.4, 0.5) is 37.7 Å². The number of pyridine rings is 1. The number of alkyl halides is 6. The number of hydrogen-bond acceptors (Lipinski definition) is 3. The number of aromatic nitrogens is 1. The van der Waals surface area contributed by atoms with E-state index in [4.69, 9.17) is 0 Å². The summed E-state index contributed by atoms with van der Waals surface area (Å²) in [6.45, 7) is 0.795. The molecule has 0 amide bonds. The first-order chi connectivity index (χ1) is 15.1. The fourth-order valence-electron chi connectivity index (χ4n) is 4.08. The molecule has 2 aliphatic rings. The Labute approximate surface area is 179 Å². The van der Waals surface area contributed by atoms with Gasteiger partial charge in [-0.3, -0.25) is 4.98 Å².